The van der Waals surface area contributed by atoms with Crippen molar-refractivity contribution in [3.8, 4) is 5.75 Å². The van der Waals surface area contributed by atoms with Crippen LogP contribution in [0.2, 0.25) is 0 Å². The minimum atomic E-state index is -0.248. The molecule has 0 aliphatic rings. The first kappa shape index (κ1) is 18.5. The fraction of sp³-hybridized carbons (Fsp3) is 0.611. The Bertz CT molecular complexity index is 449. The van der Waals surface area contributed by atoms with Crippen LogP contribution in [0.15, 0.2) is 24.3 Å². The standard InChI is InChI=1S/C18H29NO3/c1-14(2)19(15(3)4)11-8-12-22-17-10-7-6-9-16(17)13-18(20)21-5/h6-7,9-10,14-15H,8,11-13H2,1-5H3. The van der Waals surface area contributed by atoms with Crippen LogP contribution in [0, 0.1) is 0 Å². The second-order valence-electron chi connectivity index (χ2n) is 5.99. The lowest BCUT2D eigenvalue weighted by Crippen LogP contribution is -2.38. The number of methoxy groups -OCH3 is 1. The average molecular weight is 307 g/mol. The predicted molar refractivity (Wildman–Crippen MR) is 89.3 cm³/mol. The number of hydrogen-bond acceptors (Lipinski definition) is 4. The molecular weight excluding hydrogens is 278 g/mol. The van der Waals surface area contributed by atoms with E-state index in [4.69, 9.17) is 9.47 Å². The molecule has 0 aromatic heterocycles. The molecular formula is C18H29NO3. The number of rotatable bonds is 9. The summed E-state index contributed by atoms with van der Waals surface area (Å²) in [5, 5.41) is 0. The number of benzene rings is 1. The molecule has 0 unspecified atom stereocenters. The van der Waals surface area contributed by atoms with Crippen LogP contribution >= 0.6 is 0 Å². The van der Waals surface area contributed by atoms with Crippen molar-refractivity contribution in [1.29, 1.82) is 0 Å². The van der Waals surface area contributed by atoms with E-state index in [-0.39, 0.29) is 12.4 Å². The molecule has 1 aromatic rings. The first-order chi connectivity index (χ1) is 10.5. The highest BCUT2D eigenvalue weighted by Crippen LogP contribution is 2.19. The van der Waals surface area contributed by atoms with Gasteiger partial charge in [0.15, 0.2) is 0 Å². The molecule has 0 N–H and O–H groups in total. The van der Waals surface area contributed by atoms with Crippen LogP contribution in [0.5, 0.6) is 5.75 Å². The van der Waals surface area contributed by atoms with Crippen LogP contribution in [-0.4, -0.2) is 43.2 Å². The maximum absolute atomic E-state index is 11.4. The van der Waals surface area contributed by atoms with Gasteiger partial charge in [0.2, 0.25) is 0 Å². The van der Waals surface area contributed by atoms with Crippen molar-refractivity contribution in [3.63, 3.8) is 0 Å². The molecule has 0 atom stereocenters. The van der Waals surface area contributed by atoms with Gasteiger partial charge in [-0.2, -0.15) is 0 Å². The smallest absolute Gasteiger partial charge is 0.310 e. The predicted octanol–water partition coefficient (Wildman–Crippen LogP) is 3.29. The molecule has 0 fully saturated rings. The van der Waals surface area contributed by atoms with E-state index in [1.807, 2.05) is 24.3 Å². The van der Waals surface area contributed by atoms with Gasteiger partial charge >= 0.3 is 5.97 Å². The average Bonchev–Trinajstić information content (AvgIpc) is 2.47. The van der Waals surface area contributed by atoms with E-state index in [0.29, 0.717) is 18.7 Å². The molecule has 124 valence electrons. The molecule has 0 saturated carbocycles. The summed E-state index contributed by atoms with van der Waals surface area (Å²) in [6.07, 6.45) is 1.21. The quantitative estimate of drug-likeness (QED) is 0.518. The third-order valence-electron chi connectivity index (χ3n) is 3.68. The second kappa shape index (κ2) is 9.46. The summed E-state index contributed by atoms with van der Waals surface area (Å²) >= 11 is 0. The van der Waals surface area contributed by atoms with Gasteiger partial charge in [-0.1, -0.05) is 18.2 Å². The van der Waals surface area contributed by atoms with E-state index in [2.05, 4.69) is 32.6 Å². The maximum Gasteiger partial charge on any atom is 0.310 e. The zero-order valence-corrected chi connectivity index (χ0v) is 14.5. The highest BCUT2D eigenvalue weighted by Gasteiger charge is 2.13. The van der Waals surface area contributed by atoms with Crippen molar-refractivity contribution in [1.82, 2.24) is 4.90 Å². The SMILES string of the molecule is COC(=O)Cc1ccccc1OCCCN(C(C)C)C(C)C. The highest BCUT2D eigenvalue weighted by atomic mass is 16.5. The summed E-state index contributed by atoms with van der Waals surface area (Å²) in [6, 6.07) is 8.70. The molecule has 1 rings (SSSR count). The summed E-state index contributed by atoms with van der Waals surface area (Å²) in [5.74, 6) is 0.524. The van der Waals surface area contributed by atoms with Gasteiger partial charge in [0.1, 0.15) is 5.75 Å². The van der Waals surface area contributed by atoms with E-state index in [1.54, 1.807) is 0 Å². The lowest BCUT2D eigenvalue weighted by molar-refractivity contribution is -0.139. The van der Waals surface area contributed by atoms with Crippen molar-refractivity contribution in [3.05, 3.63) is 29.8 Å². The Balaban J connectivity index is 2.49. The molecule has 1 aromatic carbocycles. The minimum absolute atomic E-state index is 0.247. The molecule has 4 nitrogen and oxygen atoms in total. The number of carbonyl (C=O) groups excluding carboxylic acids is 1. The van der Waals surface area contributed by atoms with E-state index < -0.39 is 0 Å². The molecule has 0 saturated heterocycles. The van der Waals surface area contributed by atoms with Crippen LogP contribution in [0.4, 0.5) is 0 Å². The number of para-hydroxylation sites is 1. The Morgan fingerprint density at radius 2 is 1.77 bits per heavy atom. The zero-order valence-electron chi connectivity index (χ0n) is 14.5. The zero-order chi connectivity index (χ0) is 16.5. The Hall–Kier alpha value is -1.55. The van der Waals surface area contributed by atoms with E-state index in [1.165, 1.54) is 7.11 Å². The van der Waals surface area contributed by atoms with Crippen molar-refractivity contribution in [2.75, 3.05) is 20.3 Å². The van der Waals surface area contributed by atoms with Crippen LogP contribution in [0.25, 0.3) is 0 Å². The molecule has 0 spiro atoms. The van der Waals surface area contributed by atoms with Gasteiger partial charge in [-0.3, -0.25) is 9.69 Å². The van der Waals surface area contributed by atoms with Gasteiger partial charge in [-0.25, -0.2) is 0 Å². The lowest BCUT2D eigenvalue weighted by atomic mass is 10.1. The summed E-state index contributed by atoms with van der Waals surface area (Å²) in [5.41, 5.74) is 0.874. The fourth-order valence-corrected chi connectivity index (χ4v) is 2.56. The monoisotopic (exact) mass is 307 g/mol. The van der Waals surface area contributed by atoms with Gasteiger partial charge in [0.05, 0.1) is 20.1 Å². The summed E-state index contributed by atoms with van der Waals surface area (Å²) in [7, 11) is 1.40. The molecule has 4 heteroatoms. The van der Waals surface area contributed by atoms with Gasteiger partial charge < -0.3 is 9.47 Å². The molecule has 0 amide bonds. The molecule has 0 aliphatic heterocycles. The first-order valence-corrected chi connectivity index (χ1v) is 7.99. The maximum atomic E-state index is 11.4. The van der Waals surface area contributed by atoms with Gasteiger partial charge in [-0.15, -0.1) is 0 Å². The van der Waals surface area contributed by atoms with Crippen molar-refractivity contribution in [2.45, 2.75) is 52.6 Å². The molecule has 0 radical (unpaired) electrons. The topological polar surface area (TPSA) is 38.8 Å². The van der Waals surface area contributed by atoms with Crippen molar-refractivity contribution >= 4 is 5.97 Å². The Labute approximate surface area is 134 Å². The Kier molecular flexibility index (Phi) is 7.96. The third-order valence-corrected chi connectivity index (χ3v) is 3.68. The van der Waals surface area contributed by atoms with Crippen LogP contribution in [0.1, 0.15) is 39.7 Å². The van der Waals surface area contributed by atoms with Crippen molar-refractivity contribution < 1.29 is 14.3 Å². The van der Waals surface area contributed by atoms with Crippen LogP contribution in [0.3, 0.4) is 0 Å². The molecule has 0 aliphatic carbocycles. The lowest BCUT2D eigenvalue weighted by Gasteiger charge is -2.30. The van der Waals surface area contributed by atoms with E-state index >= 15 is 0 Å². The first-order valence-electron chi connectivity index (χ1n) is 7.99. The number of ether oxygens (including phenoxy) is 2. The Morgan fingerprint density at radius 3 is 2.36 bits per heavy atom. The normalized spacial score (nSPS) is 11.3. The van der Waals surface area contributed by atoms with Crippen LogP contribution in [-0.2, 0) is 16.0 Å². The summed E-state index contributed by atoms with van der Waals surface area (Å²) in [4.78, 5) is 13.9. The van der Waals surface area contributed by atoms with Gasteiger partial charge in [-0.05, 0) is 40.2 Å². The van der Waals surface area contributed by atoms with Gasteiger partial charge in [0.25, 0.3) is 0 Å². The Morgan fingerprint density at radius 1 is 1.14 bits per heavy atom. The number of carbonyl (C=O) groups is 1. The molecule has 0 bridgehead atoms. The van der Waals surface area contributed by atoms with E-state index in [0.717, 1.165) is 24.3 Å². The number of esters is 1. The minimum Gasteiger partial charge on any atom is -0.493 e. The highest BCUT2D eigenvalue weighted by molar-refractivity contribution is 5.73. The van der Waals surface area contributed by atoms with Crippen molar-refractivity contribution in [2.24, 2.45) is 0 Å². The van der Waals surface area contributed by atoms with Crippen LogP contribution < -0.4 is 4.74 Å². The van der Waals surface area contributed by atoms with E-state index in [9.17, 15) is 4.79 Å². The van der Waals surface area contributed by atoms with Gasteiger partial charge in [0, 0.05) is 24.2 Å². The second-order valence-corrected chi connectivity index (χ2v) is 5.99. The molecule has 0 heterocycles. The third kappa shape index (κ3) is 6.06. The molecule has 22 heavy (non-hydrogen) atoms. The largest absolute Gasteiger partial charge is 0.493 e. The fourth-order valence-electron chi connectivity index (χ4n) is 2.56. The summed E-state index contributed by atoms with van der Waals surface area (Å²) in [6.45, 7) is 10.5. The number of nitrogens with zero attached hydrogens (tertiary/aromatic N) is 1. The summed E-state index contributed by atoms with van der Waals surface area (Å²) < 4.78 is 10.6. The number of hydrogen-bond donors (Lipinski definition) is 0.